The van der Waals surface area contributed by atoms with Crippen molar-refractivity contribution in [1.29, 1.82) is 10.5 Å². The summed E-state index contributed by atoms with van der Waals surface area (Å²) in [7, 11) is 0. The van der Waals surface area contributed by atoms with Crippen molar-refractivity contribution in [2.24, 2.45) is 22.7 Å². The molecule has 1 heterocycles. The highest BCUT2D eigenvalue weighted by atomic mass is 15.4. The molecule has 0 aromatic heterocycles. The third-order valence-electron chi connectivity index (χ3n) is 5.54. The Morgan fingerprint density at radius 2 is 1.48 bits per heavy atom. The van der Waals surface area contributed by atoms with Gasteiger partial charge in [-0.05, 0) is 25.7 Å². The molecular weight excluding hydrogens is 286 g/mol. The zero-order valence-electron chi connectivity index (χ0n) is 13.7. The quantitative estimate of drug-likeness (QED) is 0.791. The molecule has 0 aromatic carbocycles. The first kappa shape index (κ1) is 16.0. The van der Waals surface area contributed by atoms with Crippen molar-refractivity contribution in [2.75, 3.05) is 0 Å². The molecule has 2 saturated carbocycles. The van der Waals surface area contributed by atoms with Crippen LogP contribution in [0.1, 0.15) is 64.2 Å². The minimum absolute atomic E-state index is 0.259. The van der Waals surface area contributed by atoms with E-state index in [0.29, 0.717) is 11.8 Å². The standard InChI is InChI=1S/C18H25N5/c19-11-15-16(12-20)23(21)18(14-9-5-2-6-10-14)17(22-15)13-7-3-1-4-8-13/h13-14,16H,1-10,21H2. The molecule has 3 rings (SSSR count). The molecule has 0 amide bonds. The van der Waals surface area contributed by atoms with Gasteiger partial charge in [0, 0.05) is 11.8 Å². The van der Waals surface area contributed by atoms with Gasteiger partial charge in [0.25, 0.3) is 0 Å². The summed E-state index contributed by atoms with van der Waals surface area (Å²) >= 11 is 0. The second-order valence-corrected chi connectivity index (χ2v) is 6.99. The molecule has 5 nitrogen and oxygen atoms in total. The lowest BCUT2D eigenvalue weighted by Gasteiger charge is -2.39. The smallest absolute Gasteiger partial charge is 0.183 e. The fourth-order valence-corrected chi connectivity index (χ4v) is 4.33. The number of nitrogens with zero attached hydrogens (tertiary/aromatic N) is 4. The van der Waals surface area contributed by atoms with Crippen LogP contribution in [0.3, 0.4) is 0 Å². The van der Waals surface area contributed by atoms with Gasteiger partial charge in [-0.25, -0.2) is 10.8 Å². The minimum atomic E-state index is -0.732. The average molecular weight is 311 g/mol. The van der Waals surface area contributed by atoms with E-state index in [2.05, 4.69) is 17.1 Å². The number of nitrogens with two attached hydrogens (primary N) is 1. The van der Waals surface area contributed by atoms with Crippen LogP contribution in [-0.4, -0.2) is 16.8 Å². The summed E-state index contributed by atoms with van der Waals surface area (Å²) in [6, 6.07) is 3.53. The highest BCUT2D eigenvalue weighted by Crippen LogP contribution is 2.41. The monoisotopic (exact) mass is 311 g/mol. The lowest BCUT2D eigenvalue weighted by molar-refractivity contribution is 0.253. The highest BCUT2D eigenvalue weighted by Gasteiger charge is 2.37. The van der Waals surface area contributed by atoms with Crippen LogP contribution in [0.15, 0.2) is 16.4 Å². The fourth-order valence-electron chi connectivity index (χ4n) is 4.33. The van der Waals surface area contributed by atoms with E-state index in [1.54, 1.807) is 5.01 Å². The van der Waals surface area contributed by atoms with E-state index >= 15 is 0 Å². The van der Waals surface area contributed by atoms with E-state index in [9.17, 15) is 10.5 Å². The third-order valence-corrected chi connectivity index (χ3v) is 5.54. The molecule has 1 atom stereocenters. The van der Waals surface area contributed by atoms with Crippen molar-refractivity contribution < 1.29 is 0 Å². The Bertz CT molecular complexity index is 580. The van der Waals surface area contributed by atoms with Crippen LogP contribution < -0.4 is 5.84 Å². The van der Waals surface area contributed by atoms with Crippen LogP contribution in [0.5, 0.6) is 0 Å². The zero-order chi connectivity index (χ0) is 16.2. The molecule has 2 aliphatic carbocycles. The van der Waals surface area contributed by atoms with Crippen molar-refractivity contribution in [1.82, 2.24) is 5.01 Å². The van der Waals surface area contributed by atoms with Gasteiger partial charge in [0.1, 0.15) is 6.07 Å². The Hall–Kier alpha value is -1.85. The summed E-state index contributed by atoms with van der Waals surface area (Å²) in [6.07, 6.45) is 11.9. The summed E-state index contributed by atoms with van der Waals surface area (Å²) in [6.45, 7) is 0. The first-order valence-corrected chi connectivity index (χ1v) is 8.92. The molecule has 0 bridgehead atoms. The number of allylic oxidation sites excluding steroid dienone is 2. The van der Waals surface area contributed by atoms with Gasteiger partial charge in [0.05, 0.1) is 17.5 Å². The maximum atomic E-state index is 9.45. The summed E-state index contributed by atoms with van der Waals surface area (Å²) in [4.78, 5) is 4.67. The Morgan fingerprint density at radius 3 is 2.00 bits per heavy atom. The molecule has 23 heavy (non-hydrogen) atoms. The van der Waals surface area contributed by atoms with Gasteiger partial charge < -0.3 is 0 Å². The topological polar surface area (TPSA) is 89.2 Å². The van der Waals surface area contributed by atoms with Crippen LogP contribution >= 0.6 is 0 Å². The van der Waals surface area contributed by atoms with Crippen LogP contribution in [-0.2, 0) is 0 Å². The normalized spacial score (nSPS) is 27.3. The van der Waals surface area contributed by atoms with E-state index in [4.69, 9.17) is 5.84 Å². The lowest BCUT2D eigenvalue weighted by Crippen LogP contribution is -2.49. The molecule has 5 heteroatoms. The number of aliphatic imine (C=N–C) groups is 1. The molecular formula is C18H25N5. The Labute approximate surface area is 138 Å². The second kappa shape index (κ2) is 7.15. The molecule has 122 valence electrons. The maximum Gasteiger partial charge on any atom is 0.183 e. The fraction of sp³-hybridized carbons (Fsp3) is 0.722. The van der Waals surface area contributed by atoms with Crippen molar-refractivity contribution in [3.63, 3.8) is 0 Å². The van der Waals surface area contributed by atoms with Gasteiger partial charge >= 0.3 is 0 Å². The molecule has 1 unspecified atom stereocenters. The largest absolute Gasteiger partial charge is 0.289 e. The van der Waals surface area contributed by atoms with Crippen molar-refractivity contribution >= 4 is 5.71 Å². The molecule has 2 fully saturated rings. The molecule has 0 radical (unpaired) electrons. The van der Waals surface area contributed by atoms with E-state index in [0.717, 1.165) is 37.1 Å². The first-order valence-electron chi connectivity index (χ1n) is 8.92. The van der Waals surface area contributed by atoms with Crippen LogP contribution in [0.2, 0.25) is 0 Å². The Balaban J connectivity index is 2.03. The summed E-state index contributed by atoms with van der Waals surface area (Å²) < 4.78 is 0. The summed E-state index contributed by atoms with van der Waals surface area (Å²) in [5.74, 6) is 7.14. The summed E-state index contributed by atoms with van der Waals surface area (Å²) in [5, 5.41) is 20.4. The van der Waals surface area contributed by atoms with E-state index in [-0.39, 0.29) is 5.71 Å². The van der Waals surface area contributed by atoms with E-state index in [1.807, 2.05) is 0 Å². The van der Waals surface area contributed by atoms with Gasteiger partial charge in [-0.15, -0.1) is 0 Å². The van der Waals surface area contributed by atoms with E-state index < -0.39 is 6.04 Å². The number of rotatable bonds is 2. The van der Waals surface area contributed by atoms with Gasteiger partial charge in [-0.2, -0.15) is 10.5 Å². The molecule has 2 N–H and O–H groups in total. The lowest BCUT2D eigenvalue weighted by atomic mass is 9.80. The predicted octanol–water partition coefficient (Wildman–Crippen LogP) is 3.40. The van der Waals surface area contributed by atoms with Crippen molar-refractivity contribution in [2.45, 2.75) is 70.3 Å². The maximum absolute atomic E-state index is 9.45. The van der Waals surface area contributed by atoms with Gasteiger partial charge in [0.2, 0.25) is 0 Å². The highest BCUT2D eigenvalue weighted by molar-refractivity contribution is 6.05. The van der Waals surface area contributed by atoms with E-state index in [1.165, 1.54) is 38.5 Å². The van der Waals surface area contributed by atoms with Gasteiger partial charge in [0.15, 0.2) is 11.8 Å². The predicted molar refractivity (Wildman–Crippen MR) is 88.7 cm³/mol. The van der Waals surface area contributed by atoms with Crippen LogP contribution in [0.25, 0.3) is 0 Å². The number of hydrazine groups is 1. The number of hydrogen-bond acceptors (Lipinski definition) is 5. The van der Waals surface area contributed by atoms with Crippen molar-refractivity contribution in [3.8, 4) is 12.1 Å². The molecule has 0 aromatic rings. The minimum Gasteiger partial charge on any atom is -0.289 e. The zero-order valence-corrected chi connectivity index (χ0v) is 13.7. The van der Waals surface area contributed by atoms with Crippen molar-refractivity contribution in [3.05, 3.63) is 11.4 Å². The number of nitriles is 2. The SMILES string of the molecule is N#CC1=NC(C2CCCCC2)=C(C2CCCCC2)N(N)C1C#N. The molecule has 1 aliphatic heterocycles. The van der Waals surface area contributed by atoms with Crippen LogP contribution in [0, 0.1) is 34.5 Å². The third kappa shape index (κ3) is 3.12. The van der Waals surface area contributed by atoms with Crippen LogP contribution in [0.4, 0.5) is 0 Å². The molecule has 3 aliphatic rings. The Morgan fingerprint density at radius 1 is 0.913 bits per heavy atom. The molecule has 0 spiro atoms. The second-order valence-electron chi connectivity index (χ2n) is 6.99. The number of hydrogen-bond donors (Lipinski definition) is 1. The van der Waals surface area contributed by atoms with Gasteiger partial charge in [-0.1, -0.05) is 38.5 Å². The molecule has 0 saturated heterocycles. The Kier molecular flexibility index (Phi) is 4.98. The first-order chi connectivity index (χ1) is 11.3. The average Bonchev–Trinajstić information content (AvgIpc) is 2.62. The summed E-state index contributed by atoms with van der Waals surface area (Å²) in [5.41, 5.74) is 2.33. The van der Waals surface area contributed by atoms with Gasteiger partial charge in [-0.3, -0.25) is 5.01 Å².